The zero-order valence-electron chi connectivity index (χ0n) is 14.0. The van der Waals surface area contributed by atoms with Gasteiger partial charge < -0.3 is 0 Å². The molecule has 0 unspecified atom stereocenters. The van der Waals surface area contributed by atoms with Crippen LogP contribution in [-0.2, 0) is 9.35 Å². The molecule has 24 heavy (non-hydrogen) atoms. The first-order valence-corrected chi connectivity index (χ1v) is 13.0. The fourth-order valence-electron chi connectivity index (χ4n) is 3.43. The van der Waals surface area contributed by atoms with Gasteiger partial charge in [0.25, 0.3) is 0 Å². The van der Waals surface area contributed by atoms with Gasteiger partial charge in [0.15, 0.2) is 0 Å². The Labute approximate surface area is 139 Å². The van der Waals surface area contributed by atoms with Gasteiger partial charge in [0.05, 0.1) is 0 Å². The van der Waals surface area contributed by atoms with Crippen molar-refractivity contribution < 1.29 is 37.2 Å². The molecule has 8 nitrogen and oxygen atoms in total. The molecule has 0 radical (unpaired) electrons. The van der Waals surface area contributed by atoms with Crippen LogP contribution in [0.25, 0.3) is 0 Å². The SMILES string of the molecule is CCP12(CC)OOc3c(c4c5c(c3O1)OP(CC)(CC)(O4)O5)OO2. The van der Waals surface area contributed by atoms with Gasteiger partial charge in [-0.3, -0.25) is 0 Å². The first-order chi connectivity index (χ1) is 11.4. The summed E-state index contributed by atoms with van der Waals surface area (Å²) in [6, 6.07) is 0. The van der Waals surface area contributed by atoms with Crippen LogP contribution >= 0.6 is 14.6 Å². The molecular formula is C14H20O8P2. The predicted octanol–water partition coefficient (Wildman–Crippen LogP) is 4.55. The molecule has 0 saturated heterocycles. The number of rotatable bonds is 4. The summed E-state index contributed by atoms with van der Waals surface area (Å²) in [7, 11) is -6.86. The number of hydrogen-bond acceptors (Lipinski definition) is 8. The van der Waals surface area contributed by atoms with E-state index in [0.29, 0.717) is 53.4 Å². The molecule has 0 saturated carbocycles. The van der Waals surface area contributed by atoms with Gasteiger partial charge in [-0.2, -0.15) is 0 Å². The molecule has 0 atom stereocenters. The molecule has 0 aliphatic carbocycles. The minimum absolute atomic E-state index is 0.275. The maximum absolute atomic E-state index is 6.30. The van der Waals surface area contributed by atoms with Crippen LogP contribution in [0.2, 0.25) is 0 Å². The summed E-state index contributed by atoms with van der Waals surface area (Å²) in [5, 5.41) is 0. The van der Waals surface area contributed by atoms with Crippen molar-refractivity contribution in [1.29, 1.82) is 0 Å². The normalized spacial score (nSPS) is 29.7. The van der Waals surface area contributed by atoms with Crippen LogP contribution in [0, 0.1) is 0 Å². The zero-order valence-corrected chi connectivity index (χ0v) is 15.8. The summed E-state index contributed by atoms with van der Waals surface area (Å²) in [5.74, 6) is 2.50. The first-order valence-electron chi connectivity index (χ1n) is 8.25. The third kappa shape index (κ3) is 1.38. The summed E-state index contributed by atoms with van der Waals surface area (Å²) in [4.78, 5) is 11.2. The molecule has 10 heteroatoms. The van der Waals surface area contributed by atoms with E-state index in [0.717, 1.165) is 0 Å². The van der Waals surface area contributed by atoms with Crippen LogP contribution < -0.4 is 27.9 Å². The van der Waals surface area contributed by atoms with E-state index in [9.17, 15) is 0 Å². The van der Waals surface area contributed by atoms with Gasteiger partial charge in [0, 0.05) is 0 Å². The fourth-order valence-corrected chi connectivity index (χ4v) is 8.75. The van der Waals surface area contributed by atoms with E-state index < -0.39 is 14.6 Å². The van der Waals surface area contributed by atoms with Gasteiger partial charge in [0.2, 0.25) is 0 Å². The van der Waals surface area contributed by atoms with Crippen molar-refractivity contribution >= 4 is 14.6 Å². The van der Waals surface area contributed by atoms with Gasteiger partial charge >= 0.3 is 139 Å². The quantitative estimate of drug-likeness (QED) is 0.558. The topological polar surface area (TPSA) is 73.8 Å². The predicted molar refractivity (Wildman–Crippen MR) is 88.4 cm³/mol. The molecule has 0 amide bonds. The molecule has 0 spiro atoms. The van der Waals surface area contributed by atoms with E-state index >= 15 is 0 Å². The average Bonchev–Trinajstić information content (AvgIpc) is 3.06. The second-order valence-corrected chi connectivity index (χ2v) is 14.8. The van der Waals surface area contributed by atoms with Crippen LogP contribution in [0.5, 0.6) is 34.5 Å². The zero-order chi connectivity index (χ0) is 16.8. The summed E-state index contributed by atoms with van der Waals surface area (Å²) < 4.78 is 36.4. The van der Waals surface area contributed by atoms with E-state index in [4.69, 9.17) is 37.2 Å². The Morgan fingerprint density at radius 1 is 0.500 bits per heavy atom. The van der Waals surface area contributed by atoms with Crippen LogP contribution in [0.4, 0.5) is 0 Å². The monoisotopic (exact) mass is 378 g/mol. The molecule has 0 N–H and O–H groups in total. The molecule has 1 aromatic rings. The van der Waals surface area contributed by atoms with Crippen molar-refractivity contribution in [2.75, 3.05) is 24.6 Å². The van der Waals surface area contributed by atoms with Crippen LogP contribution in [0.1, 0.15) is 27.7 Å². The van der Waals surface area contributed by atoms with Crippen LogP contribution in [0.15, 0.2) is 0 Å². The second kappa shape index (κ2) is 3.96. The third-order valence-corrected chi connectivity index (χ3v) is 13.5. The summed E-state index contributed by atoms with van der Waals surface area (Å²) >= 11 is 0. The Kier molecular flexibility index (Phi) is 2.49. The Morgan fingerprint density at radius 2 is 0.833 bits per heavy atom. The fraction of sp³-hybridized carbons (Fsp3) is 0.571. The first kappa shape index (κ1) is 15.1. The Balaban J connectivity index is 1.77. The molecule has 5 aliphatic heterocycles. The maximum atomic E-state index is 6.30. The van der Waals surface area contributed by atoms with Crippen molar-refractivity contribution in [2.24, 2.45) is 0 Å². The number of fused-ring (bicyclic) bond motifs is 3. The van der Waals surface area contributed by atoms with E-state index in [-0.39, 0.29) is 5.75 Å². The molecule has 6 bridgehead atoms. The molecule has 6 rings (SSSR count). The van der Waals surface area contributed by atoms with E-state index in [1.54, 1.807) is 0 Å². The Bertz CT molecular complexity index is 786. The van der Waals surface area contributed by atoms with Gasteiger partial charge in [-0.15, -0.1) is 0 Å². The van der Waals surface area contributed by atoms with Gasteiger partial charge in [0.1, 0.15) is 0 Å². The molecule has 5 heterocycles. The molecule has 0 fully saturated rings. The molecule has 5 aliphatic rings. The summed E-state index contributed by atoms with van der Waals surface area (Å²) in [6.07, 6.45) is 2.18. The number of hydrogen-bond donors (Lipinski definition) is 0. The van der Waals surface area contributed by atoms with Crippen molar-refractivity contribution in [3.8, 4) is 34.5 Å². The summed E-state index contributed by atoms with van der Waals surface area (Å²) in [6.45, 7) is 7.83. The van der Waals surface area contributed by atoms with Gasteiger partial charge in [-0.1, -0.05) is 0 Å². The Morgan fingerprint density at radius 3 is 1.21 bits per heavy atom. The molecule has 134 valence electrons. The standard InChI is InChI=1S/C14H20O8P2/c1-5-23(6-2)17-11-9-10-12(14(19-23)13(11)18-23)20-24(7-3,8-4,21-15-9)22-16-10/h5-8H2,1-4H3. The van der Waals surface area contributed by atoms with Crippen molar-refractivity contribution in [3.05, 3.63) is 0 Å². The third-order valence-electron chi connectivity index (χ3n) is 5.43. The van der Waals surface area contributed by atoms with Crippen LogP contribution in [-0.4, -0.2) is 24.6 Å². The van der Waals surface area contributed by atoms with Crippen molar-refractivity contribution in [1.82, 2.24) is 0 Å². The van der Waals surface area contributed by atoms with E-state index in [1.807, 2.05) is 27.7 Å². The van der Waals surface area contributed by atoms with E-state index in [2.05, 4.69) is 0 Å². The average molecular weight is 378 g/mol. The van der Waals surface area contributed by atoms with Crippen molar-refractivity contribution in [2.45, 2.75) is 27.7 Å². The van der Waals surface area contributed by atoms with E-state index in [1.165, 1.54) is 0 Å². The number of benzene rings is 1. The second-order valence-electron chi connectivity index (χ2n) is 6.36. The minimum atomic E-state index is -3.60. The molecule has 0 aromatic heterocycles. The van der Waals surface area contributed by atoms with Crippen molar-refractivity contribution in [3.63, 3.8) is 0 Å². The Hall–Kier alpha value is -1.20. The van der Waals surface area contributed by atoms with Gasteiger partial charge in [-0.25, -0.2) is 0 Å². The molecule has 1 aromatic carbocycles. The molecular weight excluding hydrogens is 358 g/mol. The van der Waals surface area contributed by atoms with Crippen LogP contribution in [0.3, 0.4) is 0 Å². The van der Waals surface area contributed by atoms with Gasteiger partial charge in [-0.05, 0) is 0 Å². The summed E-state index contributed by atoms with van der Waals surface area (Å²) in [5.41, 5.74) is 0.